The second kappa shape index (κ2) is 40.1. The SMILES string of the molecule is C.C.C.C.C.CC1CCC(C)CC1.CC1CCC(C)CC1.CC1CCC(C)CC1.CC1CCC(C)CC1.Cc1ccc(C)c(F)c1.Cc1ccc(C)cc1.Cc1ccc(C)cc1.[2HH].[HH].[HH]. The number of hydrogen-bond acceptors (Lipinski definition) is 0. The van der Waals surface area contributed by atoms with Crippen molar-refractivity contribution in [3.8, 4) is 0 Å². The van der Waals surface area contributed by atoms with Gasteiger partial charge >= 0.3 is 0 Å². The van der Waals surface area contributed by atoms with Crippen LogP contribution in [0.1, 0.15) is 233 Å². The van der Waals surface area contributed by atoms with Gasteiger partial charge in [-0.05, 0) is 106 Å². The van der Waals surface area contributed by atoms with Crippen molar-refractivity contribution < 1.29 is 8.67 Å². The summed E-state index contributed by atoms with van der Waals surface area (Å²) in [5.41, 5.74) is 7.00. The van der Waals surface area contributed by atoms with E-state index in [1.807, 2.05) is 13.0 Å². The zero-order valence-corrected chi connectivity index (χ0v) is 40.2. The van der Waals surface area contributed by atoms with E-state index >= 15 is 0 Å². The third-order valence-electron chi connectivity index (χ3n) is 13.0. The zero-order valence-electron chi connectivity index (χ0n) is 40.2. The van der Waals surface area contributed by atoms with Crippen LogP contribution in [-0.4, -0.2) is 0 Å². The molecule has 4 saturated carbocycles. The molecule has 4 fully saturated rings. The predicted molar refractivity (Wildman–Crippen MR) is 295 cm³/mol. The molecule has 62 heavy (non-hydrogen) atoms. The summed E-state index contributed by atoms with van der Waals surface area (Å²) < 4.78 is 12.6. The van der Waals surface area contributed by atoms with Crippen LogP contribution in [0.25, 0.3) is 0 Å². The molecule has 0 heterocycles. The van der Waals surface area contributed by atoms with Crippen LogP contribution in [0.15, 0.2) is 66.7 Å². The minimum absolute atomic E-state index is 0. The van der Waals surface area contributed by atoms with E-state index in [0.717, 1.165) is 52.9 Å². The van der Waals surface area contributed by atoms with Gasteiger partial charge in [0.2, 0.25) is 0 Å². The fourth-order valence-electron chi connectivity index (χ4n) is 7.68. The molecule has 0 amide bonds. The Morgan fingerprint density at radius 1 is 0.306 bits per heavy atom. The highest BCUT2D eigenvalue weighted by Gasteiger charge is 2.15. The third-order valence-corrected chi connectivity index (χ3v) is 13.0. The highest BCUT2D eigenvalue weighted by atomic mass is 19.1. The topological polar surface area (TPSA) is 0 Å². The van der Waals surface area contributed by atoms with Gasteiger partial charge in [-0.1, -0.05) is 278 Å². The Labute approximate surface area is 397 Å². The maximum atomic E-state index is 12.6. The summed E-state index contributed by atoms with van der Waals surface area (Å²) >= 11 is 0. The summed E-state index contributed by atoms with van der Waals surface area (Å²) in [4.78, 5) is 0. The normalized spacial score (nSPS) is 24.3. The molecule has 0 nitrogen and oxygen atoms in total. The Morgan fingerprint density at radius 2 is 0.452 bits per heavy atom. The van der Waals surface area contributed by atoms with E-state index in [1.165, 1.54) is 131 Å². The van der Waals surface area contributed by atoms with E-state index in [0.29, 0.717) is 5.56 Å². The van der Waals surface area contributed by atoms with Gasteiger partial charge in [0.15, 0.2) is 0 Å². The Bertz CT molecular complexity index is 1170. The first kappa shape index (κ1) is 68.6. The monoisotopic (exact) mass is 872 g/mol. The molecule has 0 radical (unpaired) electrons. The molecule has 1 heteroatoms. The summed E-state index contributed by atoms with van der Waals surface area (Å²) in [5.74, 6) is 8.04. The Kier molecular flexibility index (Phi) is 44.4. The highest BCUT2D eigenvalue weighted by Crippen LogP contribution is 2.29. The summed E-state index contributed by atoms with van der Waals surface area (Å²) in [6, 6.07) is 22.2. The zero-order chi connectivity index (χ0) is 42.8. The van der Waals surface area contributed by atoms with Gasteiger partial charge in [-0.2, -0.15) is 0 Å². The van der Waals surface area contributed by atoms with Crippen LogP contribution < -0.4 is 0 Å². The molecule has 3 aromatic rings. The first-order valence-electron chi connectivity index (χ1n) is 23.7. The van der Waals surface area contributed by atoms with Crippen molar-refractivity contribution in [2.75, 3.05) is 0 Å². The number of rotatable bonds is 0. The average molecular weight is 873 g/mol. The molecule has 7 rings (SSSR count). The fourth-order valence-corrected chi connectivity index (χ4v) is 7.68. The lowest BCUT2D eigenvalue weighted by molar-refractivity contribution is 0.308. The van der Waals surface area contributed by atoms with Gasteiger partial charge < -0.3 is 0 Å². The molecule has 0 bridgehead atoms. The van der Waals surface area contributed by atoms with E-state index in [9.17, 15) is 4.39 Å². The molecule has 0 saturated heterocycles. The number of hydrogen-bond donors (Lipinski definition) is 0. The fraction of sp³-hybridized carbons (Fsp3) is 0.705. The van der Waals surface area contributed by atoms with Crippen LogP contribution in [-0.2, 0) is 0 Å². The quantitative estimate of drug-likeness (QED) is 0.211. The summed E-state index contributed by atoms with van der Waals surface area (Å²) in [7, 11) is 0. The van der Waals surface area contributed by atoms with Gasteiger partial charge in [0.1, 0.15) is 5.82 Å². The van der Waals surface area contributed by atoms with Crippen molar-refractivity contribution >= 4 is 0 Å². The standard InChI is InChI=1S/C8H9F.4C8H16.2C8H10.5CH4.3H2/c1-6-3-4-7(2)8(9)5-6;6*1-7-3-5-8(2)6-4-7;;;;;;;;/h3-5H,1-2H3;4*7-8H,3-6H2,1-2H3;2*3-6H,1-2H3;5*1H4;3*1H/i;;;;;;;;;;;;1+1;;. The van der Waals surface area contributed by atoms with Crippen LogP contribution in [0.2, 0.25) is 0 Å². The molecular weight excluding hydrogens is 752 g/mol. The van der Waals surface area contributed by atoms with Gasteiger partial charge in [0.05, 0.1) is 0 Å². The Balaban J connectivity index is -0.0000000953. The second-order valence-corrected chi connectivity index (χ2v) is 20.0. The summed E-state index contributed by atoms with van der Waals surface area (Å²) in [6.45, 7) is 31.0. The van der Waals surface area contributed by atoms with Gasteiger partial charge in [0, 0.05) is 4.28 Å². The van der Waals surface area contributed by atoms with Crippen molar-refractivity contribution in [2.24, 2.45) is 47.3 Å². The average Bonchev–Trinajstić information content (AvgIpc) is 3.19. The van der Waals surface area contributed by atoms with Crippen LogP contribution in [0, 0.1) is 94.7 Å². The molecule has 0 atom stereocenters. The van der Waals surface area contributed by atoms with E-state index in [-0.39, 0.29) is 47.2 Å². The van der Waals surface area contributed by atoms with Crippen molar-refractivity contribution in [2.45, 2.75) is 237 Å². The van der Waals surface area contributed by atoms with Crippen molar-refractivity contribution in [3.63, 3.8) is 0 Å². The second-order valence-electron chi connectivity index (χ2n) is 20.0. The van der Waals surface area contributed by atoms with E-state index in [2.05, 4.69) is 132 Å². The Morgan fingerprint density at radius 3 is 0.581 bits per heavy atom. The van der Waals surface area contributed by atoms with Crippen LogP contribution in [0.4, 0.5) is 4.39 Å². The summed E-state index contributed by atoms with van der Waals surface area (Å²) in [5, 5.41) is 0. The van der Waals surface area contributed by atoms with Crippen molar-refractivity contribution in [3.05, 3.63) is 106 Å². The molecule has 0 aliphatic heterocycles. The molecule has 0 N–H and O–H groups in total. The van der Waals surface area contributed by atoms with Gasteiger partial charge in [-0.15, -0.1) is 0 Å². The van der Waals surface area contributed by atoms with E-state index in [4.69, 9.17) is 0 Å². The van der Waals surface area contributed by atoms with Gasteiger partial charge in [-0.3, -0.25) is 0 Å². The molecule has 4 aliphatic carbocycles. The smallest absolute Gasteiger partial charge is 0.126 e. The molecule has 0 aromatic heterocycles. The largest absolute Gasteiger partial charge is 0.207 e. The van der Waals surface area contributed by atoms with Crippen molar-refractivity contribution in [1.29, 1.82) is 0 Å². The van der Waals surface area contributed by atoms with Crippen LogP contribution >= 0.6 is 0 Å². The molecular formula is C61H119F. The molecule has 0 spiro atoms. The molecule has 0 unspecified atom stereocenters. The lowest BCUT2D eigenvalue weighted by Crippen LogP contribution is -2.08. The first-order valence-corrected chi connectivity index (χ1v) is 23.7. The maximum Gasteiger partial charge on any atom is 0.126 e. The number of aryl methyl sites for hydroxylation is 6. The minimum atomic E-state index is -0.116. The Hall–Kier alpha value is -2.41. The summed E-state index contributed by atoms with van der Waals surface area (Å²) in [6.07, 6.45) is 23.6. The predicted octanol–water partition coefficient (Wildman–Crippen LogP) is 22.3. The van der Waals surface area contributed by atoms with Crippen molar-refractivity contribution in [1.82, 2.24) is 0 Å². The third kappa shape index (κ3) is 37.0. The van der Waals surface area contributed by atoms with Gasteiger partial charge in [0.25, 0.3) is 0 Å². The molecule has 370 valence electrons. The van der Waals surface area contributed by atoms with Crippen LogP contribution in [0.5, 0.6) is 0 Å². The minimum Gasteiger partial charge on any atom is -0.207 e. The molecule has 3 aromatic carbocycles. The number of halogens is 1. The van der Waals surface area contributed by atoms with Gasteiger partial charge in [-0.25, -0.2) is 4.39 Å². The number of benzene rings is 3. The van der Waals surface area contributed by atoms with Crippen LogP contribution in [0.3, 0.4) is 0 Å². The lowest BCUT2D eigenvalue weighted by atomic mass is 9.84. The lowest BCUT2D eigenvalue weighted by Gasteiger charge is -2.22. The van der Waals surface area contributed by atoms with E-state index < -0.39 is 0 Å². The molecule has 4 aliphatic rings. The first-order chi connectivity index (χ1) is 26.9. The highest BCUT2D eigenvalue weighted by molar-refractivity contribution is 5.22. The maximum absolute atomic E-state index is 12.6. The van der Waals surface area contributed by atoms with E-state index in [1.54, 1.807) is 13.0 Å².